The second kappa shape index (κ2) is 8.21. The lowest BCUT2D eigenvalue weighted by Crippen LogP contribution is -2.44. The minimum absolute atomic E-state index is 0.133. The Bertz CT molecular complexity index is 543. The minimum atomic E-state index is -1.79. The van der Waals surface area contributed by atoms with Crippen LogP contribution in [0.1, 0.15) is 44.8 Å². The third-order valence-corrected chi connectivity index (χ3v) is 9.99. The van der Waals surface area contributed by atoms with Crippen molar-refractivity contribution in [3.8, 4) is 0 Å². The zero-order valence-corrected chi connectivity index (χ0v) is 18.7. The van der Waals surface area contributed by atoms with Crippen molar-refractivity contribution in [2.75, 3.05) is 0 Å². The summed E-state index contributed by atoms with van der Waals surface area (Å²) >= 11 is 3.96. The Kier molecular flexibility index (Phi) is 7.49. The van der Waals surface area contributed by atoms with Crippen LogP contribution in [0, 0.1) is 6.92 Å². The second-order valence-electron chi connectivity index (χ2n) is 7.14. The number of rotatable bonds is 6. The van der Waals surface area contributed by atoms with E-state index in [0.717, 1.165) is 17.1 Å². The molecule has 1 rings (SSSR count). The van der Waals surface area contributed by atoms with Crippen molar-refractivity contribution >= 4 is 48.3 Å². The quantitative estimate of drug-likeness (QED) is 0.361. The Morgan fingerprint density at radius 3 is 2.55 bits per heavy atom. The maximum atomic E-state index is 6.64. The van der Waals surface area contributed by atoms with Gasteiger partial charge in [0.15, 0.2) is 8.32 Å². The van der Waals surface area contributed by atoms with Gasteiger partial charge in [-0.1, -0.05) is 49.4 Å². The molecule has 5 heteroatoms. The molecule has 0 saturated carbocycles. The van der Waals surface area contributed by atoms with Crippen LogP contribution in [0.4, 0.5) is 0 Å². The second-order valence-corrected chi connectivity index (χ2v) is 13.7. The lowest BCUT2D eigenvalue weighted by Gasteiger charge is -2.39. The molecule has 0 saturated heterocycles. The third kappa shape index (κ3) is 5.90. The van der Waals surface area contributed by atoms with Gasteiger partial charge in [0.1, 0.15) is 0 Å². The molecule has 124 valence electrons. The molecule has 1 atom stereocenters. The van der Waals surface area contributed by atoms with Crippen LogP contribution in [-0.2, 0) is 4.43 Å². The first-order chi connectivity index (χ1) is 10.1. The number of aryl methyl sites for hydroxylation is 1. The first-order valence-electron chi connectivity index (χ1n) is 7.60. The molecule has 22 heavy (non-hydrogen) atoms. The van der Waals surface area contributed by atoms with Crippen molar-refractivity contribution in [1.29, 1.82) is 0 Å². The van der Waals surface area contributed by atoms with Gasteiger partial charge in [0.25, 0.3) is 0 Å². The summed E-state index contributed by atoms with van der Waals surface area (Å²) in [6, 6.07) is 0. The molecule has 1 aromatic heterocycles. The van der Waals surface area contributed by atoms with Crippen molar-refractivity contribution < 1.29 is 4.43 Å². The van der Waals surface area contributed by atoms with E-state index in [1.54, 1.807) is 11.3 Å². The number of hydrogen-bond donors (Lipinski definition) is 0. The first kappa shape index (κ1) is 20.1. The fourth-order valence-corrected chi connectivity index (χ4v) is 4.02. The van der Waals surface area contributed by atoms with E-state index in [0.29, 0.717) is 0 Å². The Labute approximate surface area is 154 Å². The van der Waals surface area contributed by atoms with E-state index in [-0.39, 0.29) is 11.1 Å². The highest BCUT2D eigenvalue weighted by Gasteiger charge is 2.39. The third-order valence-electron chi connectivity index (χ3n) is 4.20. The van der Waals surface area contributed by atoms with Gasteiger partial charge in [-0.2, -0.15) is 0 Å². The fourth-order valence-electron chi connectivity index (χ4n) is 1.81. The van der Waals surface area contributed by atoms with E-state index < -0.39 is 8.32 Å². The molecule has 1 aromatic rings. The SMILES string of the molecule is CC(=Cc1csc(C)n1)[C@H](CC=CI)O[Si](C)(C)C(C)(C)C. The highest BCUT2D eigenvalue weighted by atomic mass is 127. The Morgan fingerprint density at radius 1 is 1.45 bits per heavy atom. The molecule has 0 fully saturated rings. The Balaban J connectivity index is 2.99. The van der Waals surface area contributed by atoms with Crippen LogP contribution in [0.2, 0.25) is 18.1 Å². The summed E-state index contributed by atoms with van der Waals surface area (Å²) in [6.45, 7) is 15.7. The van der Waals surface area contributed by atoms with Crippen molar-refractivity contribution in [2.45, 2.75) is 65.3 Å². The summed E-state index contributed by atoms with van der Waals surface area (Å²) in [4.78, 5) is 4.54. The van der Waals surface area contributed by atoms with Gasteiger partial charge in [0.05, 0.1) is 16.8 Å². The lowest BCUT2D eigenvalue weighted by molar-refractivity contribution is 0.218. The van der Waals surface area contributed by atoms with Crippen molar-refractivity contribution in [1.82, 2.24) is 4.98 Å². The topological polar surface area (TPSA) is 22.1 Å². The van der Waals surface area contributed by atoms with E-state index in [1.807, 2.05) is 6.92 Å². The molecule has 1 heterocycles. The van der Waals surface area contributed by atoms with Crippen molar-refractivity contribution in [3.05, 3.63) is 31.8 Å². The van der Waals surface area contributed by atoms with Gasteiger partial charge in [-0.15, -0.1) is 11.3 Å². The van der Waals surface area contributed by atoms with E-state index >= 15 is 0 Å². The number of aromatic nitrogens is 1. The molecule has 0 aliphatic heterocycles. The number of hydrogen-bond acceptors (Lipinski definition) is 3. The molecular formula is C17H28INOSSi. The van der Waals surface area contributed by atoms with Gasteiger partial charge in [-0.3, -0.25) is 0 Å². The maximum absolute atomic E-state index is 6.64. The monoisotopic (exact) mass is 449 g/mol. The summed E-state index contributed by atoms with van der Waals surface area (Å²) in [5.41, 5.74) is 2.30. The van der Waals surface area contributed by atoms with Gasteiger partial charge in [-0.05, 0) is 54.1 Å². The van der Waals surface area contributed by atoms with E-state index in [9.17, 15) is 0 Å². The number of halogens is 1. The van der Waals surface area contributed by atoms with Crippen LogP contribution in [0.15, 0.2) is 21.1 Å². The van der Waals surface area contributed by atoms with Crippen LogP contribution in [0.25, 0.3) is 6.08 Å². The van der Waals surface area contributed by atoms with Crippen LogP contribution < -0.4 is 0 Å². The summed E-state index contributed by atoms with van der Waals surface area (Å²) in [5.74, 6) is 0. The van der Waals surface area contributed by atoms with Crippen LogP contribution in [0.5, 0.6) is 0 Å². The van der Waals surface area contributed by atoms with Gasteiger partial charge in [0.2, 0.25) is 0 Å². The molecule has 2 nitrogen and oxygen atoms in total. The average Bonchev–Trinajstić information content (AvgIpc) is 2.78. The fraction of sp³-hybridized carbons (Fsp3) is 0.588. The van der Waals surface area contributed by atoms with Crippen LogP contribution in [0.3, 0.4) is 0 Å². The van der Waals surface area contributed by atoms with E-state index in [4.69, 9.17) is 4.43 Å². The van der Waals surface area contributed by atoms with Crippen molar-refractivity contribution in [3.63, 3.8) is 0 Å². The molecule has 0 aromatic carbocycles. The predicted molar refractivity (Wildman–Crippen MR) is 110 cm³/mol. The molecule has 0 amide bonds. The summed E-state index contributed by atoms with van der Waals surface area (Å²) in [5, 5.41) is 3.43. The molecule has 0 N–H and O–H groups in total. The summed E-state index contributed by atoms with van der Waals surface area (Å²) < 4.78 is 8.71. The first-order valence-corrected chi connectivity index (χ1v) is 12.6. The van der Waals surface area contributed by atoms with E-state index in [1.165, 1.54) is 5.57 Å². The van der Waals surface area contributed by atoms with E-state index in [2.05, 4.69) is 90.0 Å². The van der Waals surface area contributed by atoms with Crippen LogP contribution >= 0.6 is 33.9 Å². The molecule has 0 unspecified atom stereocenters. The molecule has 0 bridgehead atoms. The zero-order valence-electron chi connectivity index (χ0n) is 14.7. The minimum Gasteiger partial charge on any atom is -0.410 e. The highest BCUT2D eigenvalue weighted by molar-refractivity contribution is 14.1. The average molecular weight is 449 g/mol. The molecule has 0 aliphatic rings. The van der Waals surface area contributed by atoms with Crippen LogP contribution in [-0.4, -0.2) is 19.4 Å². The predicted octanol–water partition coefficient (Wildman–Crippen LogP) is 6.58. The molecule has 0 spiro atoms. The van der Waals surface area contributed by atoms with Gasteiger partial charge in [-0.25, -0.2) is 4.98 Å². The number of nitrogens with zero attached hydrogens (tertiary/aromatic N) is 1. The molecule has 0 aliphatic carbocycles. The van der Waals surface area contributed by atoms with Gasteiger partial charge >= 0.3 is 0 Å². The normalized spacial score (nSPS) is 15.5. The Hall–Kier alpha value is 0.0169. The Morgan fingerprint density at radius 2 is 2.09 bits per heavy atom. The van der Waals surface area contributed by atoms with Gasteiger partial charge in [0, 0.05) is 5.38 Å². The van der Waals surface area contributed by atoms with Crippen molar-refractivity contribution in [2.24, 2.45) is 0 Å². The number of thiazole rings is 1. The zero-order chi connectivity index (χ0) is 17.0. The standard InChI is InChI=1S/C17H28INOSSi/c1-13(11-15-12-21-14(2)19-15)16(9-8-10-18)20-22(6,7)17(3,4)5/h8,10-12,16H,9H2,1-7H3/t16-/m0/s1. The highest BCUT2D eigenvalue weighted by Crippen LogP contribution is 2.38. The largest absolute Gasteiger partial charge is 0.410 e. The molecular weight excluding hydrogens is 421 g/mol. The molecule has 0 radical (unpaired) electrons. The smallest absolute Gasteiger partial charge is 0.192 e. The van der Waals surface area contributed by atoms with Gasteiger partial charge < -0.3 is 4.43 Å². The lowest BCUT2D eigenvalue weighted by atomic mass is 10.1. The maximum Gasteiger partial charge on any atom is 0.192 e. The summed E-state index contributed by atoms with van der Waals surface area (Å²) in [7, 11) is -1.79. The summed E-state index contributed by atoms with van der Waals surface area (Å²) in [6.07, 6.45) is 5.40.